The highest BCUT2D eigenvalue weighted by molar-refractivity contribution is 6.04. The number of amides is 2. The maximum atomic E-state index is 12.5. The van der Waals surface area contributed by atoms with E-state index in [9.17, 15) is 9.59 Å². The summed E-state index contributed by atoms with van der Waals surface area (Å²) in [6, 6.07) is 13.1. The number of rotatable bonds is 5. The quantitative estimate of drug-likeness (QED) is 0.421. The van der Waals surface area contributed by atoms with E-state index in [1.54, 1.807) is 26.8 Å². The summed E-state index contributed by atoms with van der Waals surface area (Å²) in [6.07, 6.45) is 0.0405. The zero-order valence-electron chi connectivity index (χ0n) is 20.9. The van der Waals surface area contributed by atoms with Gasteiger partial charge in [-0.3, -0.25) is 15.5 Å². The number of hydrogen-bond acceptors (Lipinski definition) is 5. The van der Waals surface area contributed by atoms with Gasteiger partial charge in [-0.2, -0.15) is 0 Å². The minimum Gasteiger partial charge on any atom is -0.493 e. The Bertz CT molecular complexity index is 1060. The van der Waals surface area contributed by atoms with E-state index in [1.165, 1.54) is 5.56 Å². The van der Waals surface area contributed by atoms with Crippen LogP contribution in [0.3, 0.4) is 0 Å². The van der Waals surface area contributed by atoms with Crippen molar-refractivity contribution in [1.82, 2.24) is 10.6 Å². The van der Waals surface area contributed by atoms with Gasteiger partial charge in [-0.1, -0.05) is 32.9 Å². The van der Waals surface area contributed by atoms with Crippen molar-refractivity contribution in [3.63, 3.8) is 0 Å². The Hall–Kier alpha value is -3.35. The number of alkyl carbamates (subject to hydrolysis) is 1. The molecule has 1 aliphatic heterocycles. The fraction of sp³-hybridized carbons (Fsp3) is 0.444. The minimum atomic E-state index is -0.663. The molecular weight excluding hydrogens is 430 g/mol. The smallest absolute Gasteiger partial charge is 0.413 e. The molecule has 0 saturated heterocycles. The van der Waals surface area contributed by atoms with Crippen LogP contribution >= 0.6 is 0 Å². The van der Waals surface area contributed by atoms with Gasteiger partial charge in [-0.15, -0.1) is 0 Å². The highest BCUT2D eigenvalue weighted by atomic mass is 16.6. The van der Waals surface area contributed by atoms with Gasteiger partial charge in [-0.05, 0) is 68.5 Å². The second kappa shape index (κ2) is 9.87. The molecule has 3 rings (SSSR count). The molecule has 0 aromatic heterocycles. The van der Waals surface area contributed by atoms with Gasteiger partial charge >= 0.3 is 6.09 Å². The summed E-state index contributed by atoms with van der Waals surface area (Å²) in [5.74, 6) is 0.724. The molecule has 7 nitrogen and oxygen atoms in total. The van der Waals surface area contributed by atoms with Crippen LogP contribution in [-0.4, -0.2) is 36.6 Å². The fourth-order valence-corrected chi connectivity index (χ4v) is 3.73. The molecule has 0 saturated carbocycles. The van der Waals surface area contributed by atoms with Gasteiger partial charge in [-0.25, -0.2) is 4.79 Å². The summed E-state index contributed by atoms with van der Waals surface area (Å²) in [5, 5.41) is 13.7. The molecular formula is C27H35N3O4. The zero-order valence-corrected chi connectivity index (χ0v) is 20.9. The monoisotopic (exact) mass is 465 g/mol. The van der Waals surface area contributed by atoms with Crippen LogP contribution < -0.4 is 15.4 Å². The SMILES string of the molecule is CC(C)(C)OC(=O)NC(=N)c1ccc2c(c1)C(CCNC(=O)c1ccc(C(C)(C)C)cc1)CO2. The Morgan fingerprint density at radius 2 is 1.68 bits per heavy atom. The first-order valence-electron chi connectivity index (χ1n) is 11.6. The first-order chi connectivity index (χ1) is 15.8. The summed E-state index contributed by atoms with van der Waals surface area (Å²) in [7, 11) is 0. The predicted octanol–water partition coefficient (Wildman–Crippen LogP) is 5.13. The molecule has 2 aromatic carbocycles. The number of fused-ring (bicyclic) bond motifs is 1. The van der Waals surface area contributed by atoms with Crippen LogP contribution in [0.5, 0.6) is 5.75 Å². The van der Waals surface area contributed by atoms with Crippen molar-refractivity contribution in [3.8, 4) is 5.75 Å². The topological polar surface area (TPSA) is 101 Å². The van der Waals surface area contributed by atoms with E-state index in [-0.39, 0.29) is 23.1 Å². The van der Waals surface area contributed by atoms with Crippen molar-refractivity contribution in [1.29, 1.82) is 5.41 Å². The van der Waals surface area contributed by atoms with Crippen LogP contribution in [0.1, 0.15) is 80.9 Å². The lowest BCUT2D eigenvalue weighted by atomic mass is 9.87. The first-order valence-corrected chi connectivity index (χ1v) is 11.6. The average molecular weight is 466 g/mol. The average Bonchev–Trinajstić information content (AvgIpc) is 3.14. The van der Waals surface area contributed by atoms with Gasteiger partial charge in [0.15, 0.2) is 0 Å². The summed E-state index contributed by atoms with van der Waals surface area (Å²) >= 11 is 0. The van der Waals surface area contributed by atoms with E-state index in [4.69, 9.17) is 14.9 Å². The Labute approximate surface area is 201 Å². The highest BCUT2D eigenvalue weighted by Gasteiger charge is 2.26. The summed E-state index contributed by atoms with van der Waals surface area (Å²) in [4.78, 5) is 24.5. The third-order valence-electron chi connectivity index (χ3n) is 5.60. The molecule has 1 aliphatic rings. The normalized spacial score (nSPS) is 15.2. The van der Waals surface area contributed by atoms with Gasteiger partial charge in [0.1, 0.15) is 17.2 Å². The maximum Gasteiger partial charge on any atom is 0.413 e. The van der Waals surface area contributed by atoms with E-state index < -0.39 is 11.7 Å². The van der Waals surface area contributed by atoms with Crippen LogP contribution in [-0.2, 0) is 10.2 Å². The van der Waals surface area contributed by atoms with Crippen molar-refractivity contribution < 1.29 is 19.1 Å². The molecule has 0 radical (unpaired) electrons. The van der Waals surface area contributed by atoms with E-state index in [1.807, 2.05) is 36.4 Å². The molecule has 2 amide bonds. The summed E-state index contributed by atoms with van der Waals surface area (Å²) < 4.78 is 11.0. The number of amidine groups is 1. The lowest BCUT2D eigenvalue weighted by molar-refractivity contribution is 0.0563. The van der Waals surface area contributed by atoms with Crippen LogP contribution in [0, 0.1) is 5.41 Å². The van der Waals surface area contributed by atoms with Gasteiger partial charge < -0.3 is 14.8 Å². The molecule has 2 aromatic rings. The predicted molar refractivity (Wildman–Crippen MR) is 133 cm³/mol. The van der Waals surface area contributed by atoms with Crippen molar-refractivity contribution in [2.24, 2.45) is 0 Å². The Balaban J connectivity index is 1.57. The number of nitrogens with one attached hydrogen (secondary N) is 3. The Morgan fingerprint density at radius 3 is 2.29 bits per heavy atom. The molecule has 34 heavy (non-hydrogen) atoms. The van der Waals surface area contributed by atoms with Crippen molar-refractivity contribution >= 4 is 17.8 Å². The van der Waals surface area contributed by atoms with Gasteiger partial charge in [0.05, 0.1) is 6.61 Å². The number of hydrogen-bond donors (Lipinski definition) is 3. The number of carbonyl (C=O) groups excluding carboxylic acids is 2. The first kappa shape index (κ1) is 25.3. The third-order valence-corrected chi connectivity index (χ3v) is 5.60. The molecule has 0 aliphatic carbocycles. The Morgan fingerprint density at radius 1 is 1.03 bits per heavy atom. The molecule has 3 N–H and O–H groups in total. The molecule has 1 atom stereocenters. The maximum absolute atomic E-state index is 12.5. The third kappa shape index (κ3) is 6.59. The van der Waals surface area contributed by atoms with E-state index in [2.05, 4.69) is 31.4 Å². The molecule has 182 valence electrons. The van der Waals surface area contributed by atoms with Crippen LogP contribution in [0.4, 0.5) is 4.79 Å². The number of ether oxygens (including phenoxy) is 2. The van der Waals surface area contributed by atoms with Crippen molar-refractivity contribution in [3.05, 3.63) is 64.7 Å². The highest BCUT2D eigenvalue weighted by Crippen LogP contribution is 2.36. The molecule has 1 heterocycles. The van der Waals surface area contributed by atoms with E-state index in [0.29, 0.717) is 30.7 Å². The zero-order chi connectivity index (χ0) is 25.1. The van der Waals surface area contributed by atoms with Crippen LogP contribution in [0.25, 0.3) is 0 Å². The standard InChI is InChI=1S/C27H35N3O4/c1-26(2,3)20-10-7-17(8-11-20)24(31)29-14-13-19-16-33-22-12-9-18(15-21(19)22)23(28)30-25(32)34-27(4,5)6/h7-12,15,19H,13-14,16H2,1-6H3,(H,29,31)(H2,28,30,32). The summed E-state index contributed by atoms with van der Waals surface area (Å²) in [6.45, 7) is 12.8. The lowest BCUT2D eigenvalue weighted by Crippen LogP contribution is -2.36. The molecule has 0 spiro atoms. The van der Waals surface area contributed by atoms with Gasteiger partial charge in [0.25, 0.3) is 5.91 Å². The van der Waals surface area contributed by atoms with Gasteiger partial charge in [0.2, 0.25) is 0 Å². The lowest BCUT2D eigenvalue weighted by Gasteiger charge is -2.20. The van der Waals surface area contributed by atoms with Crippen molar-refractivity contribution in [2.75, 3.05) is 13.2 Å². The summed E-state index contributed by atoms with van der Waals surface area (Å²) in [5.41, 5.74) is 2.77. The number of benzene rings is 2. The molecule has 0 fully saturated rings. The molecule has 7 heteroatoms. The van der Waals surface area contributed by atoms with Crippen LogP contribution in [0.15, 0.2) is 42.5 Å². The second-order valence-corrected chi connectivity index (χ2v) is 10.6. The van der Waals surface area contributed by atoms with Crippen LogP contribution in [0.2, 0.25) is 0 Å². The minimum absolute atomic E-state index is 0.0327. The fourth-order valence-electron chi connectivity index (χ4n) is 3.73. The Kier molecular flexibility index (Phi) is 7.34. The van der Waals surface area contributed by atoms with E-state index >= 15 is 0 Å². The largest absolute Gasteiger partial charge is 0.493 e. The number of carbonyl (C=O) groups is 2. The van der Waals surface area contributed by atoms with Crippen molar-refractivity contribution in [2.45, 2.75) is 64.9 Å². The molecule has 0 bridgehead atoms. The van der Waals surface area contributed by atoms with E-state index in [0.717, 1.165) is 11.3 Å². The van der Waals surface area contributed by atoms with Gasteiger partial charge in [0, 0.05) is 29.2 Å². The molecule has 1 unspecified atom stereocenters. The second-order valence-electron chi connectivity index (χ2n) is 10.6.